The van der Waals surface area contributed by atoms with Gasteiger partial charge >= 0.3 is 6.03 Å². The molecule has 8 nitrogen and oxygen atoms in total. The summed E-state index contributed by atoms with van der Waals surface area (Å²) in [6, 6.07) is 13.8. The number of anilines is 2. The molecule has 2 fully saturated rings. The lowest BCUT2D eigenvalue weighted by Gasteiger charge is -2.16. The van der Waals surface area contributed by atoms with Gasteiger partial charge in [0, 0.05) is 44.0 Å². The van der Waals surface area contributed by atoms with Gasteiger partial charge in [0.25, 0.3) is 0 Å². The summed E-state index contributed by atoms with van der Waals surface area (Å²) >= 11 is 0. The number of aryl methyl sites for hydroxylation is 1. The van der Waals surface area contributed by atoms with Gasteiger partial charge in [-0.15, -0.1) is 0 Å². The molecule has 2 saturated heterocycles. The highest BCUT2D eigenvalue weighted by molar-refractivity contribution is 7.89. The molecule has 0 saturated carbocycles. The zero-order valence-electron chi connectivity index (χ0n) is 17.2. The van der Waals surface area contributed by atoms with E-state index in [2.05, 4.69) is 10.6 Å². The summed E-state index contributed by atoms with van der Waals surface area (Å²) in [7, 11) is -3.42. The molecular weight excluding hydrogens is 416 g/mol. The van der Waals surface area contributed by atoms with E-state index in [9.17, 15) is 18.0 Å². The highest BCUT2D eigenvalue weighted by Gasteiger charge is 2.27. The van der Waals surface area contributed by atoms with Crippen molar-refractivity contribution < 1.29 is 18.0 Å². The van der Waals surface area contributed by atoms with Crippen molar-refractivity contribution in [2.24, 2.45) is 0 Å². The van der Waals surface area contributed by atoms with E-state index < -0.39 is 10.0 Å². The van der Waals surface area contributed by atoms with E-state index in [0.29, 0.717) is 43.2 Å². The number of carbonyl (C=O) groups excluding carboxylic acids is 2. The third-order valence-corrected chi connectivity index (χ3v) is 7.48. The van der Waals surface area contributed by atoms with Gasteiger partial charge in [-0.3, -0.25) is 9.69 Å². The van der Waals surface area contributed by atoms with Gasteiger partial charge in [0.1, 0.15) is 0 Å². The summed E-state index contributed by atoms with van der Waals surface area (Å²) in [5.41, 5.74) is 2.27. The second-order valence-electron chi connectivity index (χ2n) is 7.74. The minimum absolute atomic E-state index is 0.140. The van der Waals surface area contributed by atoms with Crippen LogP contribution in [-0.2, 0) is 21.2 Å². The van der Waals surface area contributed by atoms with Crippen LogP contribution in [0.4, 0.5) is 16.2 Å². The molecule has 0 radical (unpaired) electrons. The molecule has 2 aromatic carbocycles. The Morgan fingerprint density at radius 1 is 1.03 bits per heavy atom. The topological polar surface area (TPSA) is 98.8 Å². The maximum Gasteiger partial charge on any atom is 0.321 e. The molecule has 9 heteroatoms. The quantitative estimate of drug-likeness (QED) is 0.689. The number of amides is 3. The fraction of sp³-hybridized carbons (Fsp3) is 0.364. The Hall–Kier alpha value is -2.91. The van der Waals surface area contributed by atoms with E-state index in [4.69, 9.17) is 0 Å². The Labute approximate surface area is 182 Å². The molecule has 4 rings (SSSR count). The van der Waals surface area contributed by atoms with Crippen LogP contribution < -0.4 is 15.5 Å². The van der Waals surface area contributed by atoms with Crippen molar-refractivity contribution in [3.63, 3.8) is 0 Å². The summed E-state index contributed by atoms with van der Waals surface area (Å²) in [6.07, 6.45) is 2.58. The molecule has 164 valence electrons. The van der Waals surface area contributed by atoms with Crippen LogP contribution in [0, 0.1) is 0 Å². The van der Waals surface area contributed by atoms with Gasteiger partial charge in [-0.25, -0.2) is 13.2 Å². The molecule has 2 N–H and O–H groups in total. The highest BCUT2D eigenvalue weighted by Crippen LogP contribution is 2.23. The van der Waals surface area contributed by atoms with Crippen LogP contribution in [0.2, 0.25) is 0 Å². The van der Waals surface area contributed by atoms with Crippen LogP contribution in [0.15, 0.2) is 53.4 Å². The van der Waals surface area contributed by atoms with Crippen molar-refractivity contribution in [1.29, 1.82) is 0 Å². The molecule has 0 aliphatic carbocycles. The third-order valence-electron chi connectivity index (χ3n) is 5.57. The number of sulfonamides is 1. The molecule has 2 heterocycles. The van der Waals surface area contributed by atoms with E-state index in [-0.39, 0.29) is 18.4 Å². The number of rotatable bonds is 7. The van der Waals surface area contributed by atoms with Crippen LogP contribution >= 0.6 is 0 Å². The van der Waals surface area contributed by atoms with E-state index in [1.165, 1.54) is 4.31 Å². The van der Waals surface area contributed by atoms with Crippen molar-refractivity contribution in [3.05, 3.63) is 54.1 Å². The Balaban J connectivity index is 1.32. The van der Waals surface area contributed by atoms with Crippen molar-refractivity contribution in [2.75, 3.05) is 36.4 Å². The monoisotopic (exact) mass is 442 g/mol. The Kier molecular flexibility index (Phi) is 6.24. The van der Waals surface area contributed by atoms with Crippen LogP contribution in [-0.4, -0.2) is 50.8 Å². The smallest absolute Gasteiger partial charge is 0.321 e. The van der Waals surface area contributed by atoms with Gasteiger partial charge in [0.05, 0.1) is 4.90 Å². The Morgan fingerprint density at radius 3 is 2.45 bits per heavy atom. The first-order chi connectivity index (χ1) is 14.9. The second-order valence-corrected chi connectivity index (χ2v) is 9.68. The zero-order chi connectivity index (χ0) is 21.8. The fourth-order valence-corrected chi connectivity index (χ4v) is 5.37. The molecule has 2 aliphatic heterocycles. The van der Waals surface area contributed by atoms with Gasteiger partial charge < -0.3 is 10.6 Å². The predicted octanol–water partition coefficient (Wildman–Crippen LogP) is 2.57. The largest absolute Gasteiger partial charge is 0.336 e. The molecule has 2 aliphatic rings. The van der Waals surface area contributed by atoms with E-state index >= 15 is 0 Å². The first kappa shape index (κ1) is 21.3. The molecular formula is C22H26N4O4S. The maximum atomic E-state index is 12.6. The zero-order valence-corrected chi connectivity index (χ0v) is 18.0. The number of hydrogen-bond acceptors (Lipinski definition) is 4. The normalized spacial score (nSPS) is 17.0. The van der Waals surface area contributed by atoms with E-state index in [1.54, 1.807) is 47.4 Å². The minimum atomic E-state index is -3.42. The first-order valence-electron chi connectivity index (χ1n) is 10.5. The first-order valence-corrected chi connectivity index (χ1v) is 11.9. The average molecular weight is 443 g/mol. The van der Waals surface area contributed by atoms with Crippen molar-refractivity contribution in [1.82, 2.24) is 9.62 Å². The lowest BCUT2D eigenvalue weighted by atomic mass is 10.1. The van der Waals surface area contributed by atoms with Gasteiger partial charge in [-0.05, 0) is 55.2 Å². The standard InChI is InChI=1S/C22H26N4O4S/c27-21(24-18-4-3-5-19(16-18)26-15-12-23-22(26)28)11-8-17-6-9-20(10-7-17)31(29,30)25-13-1-2-14-25/h3-7,9-10,16H,1-2,8,11-15H2,(H,23,28)(H,24,27). The molecule has 0 unspecified atom stereocenters. The molecule has 0 aromatic heterocycles. The van der Waals surface area contributed by atoms with Gasteiger partial charge in [0.2, 0.25) is 15.9 Å². The summed E-state index contributed by atoms with van der Waals surface area (Å²) in [4.78, 5) is 26.1. The third kappa shape index (κ3) is 4.88. The van der Waals surface area contributed by atoms with E-state index in [0.717, 1.165) is 24.1 Å². The Bertz CT molecular complexity index is 1060. The van der Waals surface area contributed by atoms with Crippen molar-refractivity contribution in [2.45, 2.75) is 30.6 Å². The van der Waals surface area contributed by atoms with Crippen LogP contribution in [0.5, 0.6) is 0 Å². The van der Waals surface area contributed by atoms with Gasteiger partial charge in [-0.1, -0.05) is 18.2 Å². The molecule has 0 bridgehead atoms. The fourth-order valence-electron chi connectivity index (χ4n) is 3.86. The predicted molar refractivity (Wildman–Crippen MR) is 119 cm³/mol. The van der Waals surface area contributed by atoms with Gasteiger partial charge in [-0.2, -0.15) is 4.31 Å². The number of urea groups is 1. The molecule has 3 amide bonds. The van der Waals surface area contributed by atoms with Crippen molar-refractivity contribution >= 4 is 33.3 Å². The van der Waals surface area contributed by atoms with Crippen LogP contribution in [0.1, 0.15) is 24.8 Å². The van der Waals surface area contributed by atoms with E-state index in [1.807, 2.05) is 6.07 Å². The minimum Gasteiger partial charge on any atom is -0.336 e. The SMILES string of the molecule is O=C(CCc1ccc(S(=O)(=O)N2CCCC2)cc1)Nc1cccc(N2CCNC2=O)c1. The number of nitrogens with zero attached hydrogens (tertiary/aromatic N) is 2. The lowest BCUT2D eigenvalue weighted by Crippen LogP contribution is -2.27. The average Bonchev–Trinajstić information content (AvgIpc) is 3.45. The maximum absolute atomic E-state index is 12.6. The second kappa shape index (κ2) is 9.07. The lowest BCUT2D eigenvalue weighted by molar-refractivity contribution is -0.116. The molecule has 2 aromatic rings. The summed E-state index contributed by atoms with van der Waals surface area (Å²) in [5.74, 6) is -0.142. The molecule has 0 spiro atoms. The summed E-state index contributed by atoms with van der Waals surface area (Å²) < 4.78 is 26.7. The van der Waals surface area contributed by atoms with Gasteiger partial charge in [0.15, 0.2) is 0 Å². The number of carbonyl (C=O) groups is 2. The van der Waals surface area contributed by atoms with Crippen LogP contribution in [0.3, 0.4) is 0 Å². The summed E-state index contributed by atoms with van der Waals surface area (Å²) in [6.45, 7) is 2.36. The molecule has 0 atom stereocenters. The van der Waals surface area contributed by atoms with Crippen molar-refractivity contribution in [3.8, 4) is 0 Å². The number of nitrogens with one attached hydrogen (secondary N) is 2. The number of benzene rings is 2. The molecule has 31 heavy (non-hydrogen) atoms. The Morgan fingerprint density at radius 2 is 1.77 bits per heavy atom. The summed E-state index contributed by atoms with van der Waals surface area (Å²) in [5, 5.41) is 5.62. The highest BCUT2D eigenvalue weighted by atomic mass is 32.2. The number of hydrogen-bond donors (Lipinski definition) is 2. The van der Waals surface area contributed by atoms with Crippen LogP contribution in [0.25, 0.3) is 0 Å².